The third kappa shape index (κ3) is 2.11. The zero-order chi connectivity index (χ0) is 12.3. The zero-order valence-corrected chi connectivity index (χ0v) is 10.0. The summed E-state index contributed by atoms with van der Waals surface area (Å²) in [4.78, 5) is 0. The first-order valence-corrected chi connectivity index (χ1v) is 4.99. The van der Waals surface area contributed by atoms with Gasteiger partial charge in [-0.25, -0.2) is 4.39 Å². The van der Waals surface area contributed by atoms with Crippen molar-refractivity contribution in [3.05, 3.63) is 23.5 Å². The number of rotatable bonds is 4. The number of aliphatic hydroxyl groups is 1. The summed E-state index contributed by atoms with van der Waals surface area (Å²) < 4.78 is 23.6. The number of hydrogen-bond donors (Lipinski definition) is 1. The number of halogens is 1. The Labute approximate surface area is 94.8 Å². The van der Waals surface area contributed by atoms with Gasteiger partial charge in [0.25, 0.3) is 0 Å². The Morgan fingerprint density at radius 3 is 2.19 bits per heavy atom. The first-order chi connectivity index (χ1) is 7.47. The van der Waals surface area contributed by atoms with Gasteiger partial charge in [-0.15, -0.1) is 0 Å². The quantitative estimate of drug-likeness (QED) is 0.857. The third-order valence-corrected chi connectivity index (χ3v) is 2.60. The van der Waals surface area contributed by atoms with Crippen LogP contribution in [0.3, 0.4) is 0 Å². The summed E-state index contributed by atoms with van der Waals surface area (Å²) in [7, 11) is 2.84. The van der Waals surface area contributed by atoms with E-state index in [9.17, 15) is 9.50 Å². The van der Waals surface area contributed by atoms with Crippen molar-refractivity contribution in [2.24, 2.45) is 0 Å². The summed E-state index contributed by atoms with van der Waals surface area (Å²) in [5, 5.41) is 9.31. The number of methoxy groups -OCH3 is 2. The van der Waals surface area contributed by atoms with Crippen LogP contribution in [0.5, 0.6) is 11.5 Å². The van der Waals surface area contributed by atoms with E-state index in [4.69, 9.17) is 9.47 Å². The van der Waals surface area contributed by atoms with E-state index in [1.165, 1.54) is 20.3 Å². The van der Waals surface area contributed by atoms with E-state index in [1.54, 1.807) is 6.07 Å². The van der Waals surface area contributed by atoms with Crippen LogP contribution in [-0.2, 0) is 5.41 Å². The Morgan fingerprint density at radius 2 is 1.75 bits per heavy atom. The molecule has 1 rings (SSSR count). The number of ether oxygens (including phenoxy) is 2. The predicted molar refractivity (Wildman–Crippen MR) is 59.6 cm³/mol. The van der Waals surface area contributed by atoms with Gasteiger partial charge in [0.15, 0.2) is 17.3 Å². The van der Waals surface area contributed by atoms with E-state index in [0.29, 0.717) is 5.75 Å². The smallest absolute Gasteiger partial charge is 0.197 e. The van der Waals surface area contributed by atoms with Crippen molar-refractivity contribution >= 4 is 0 Å². The van der Waals surface area contributed by atoms with Gasteiger partial charge in [0.05, 0.1) is 20.8 Å². The van der Waals surface area contributed by atoms with Crippen molar-refractivity contribution in [2.75, 3.05) is 20.8 Å². The molecule has 3 nitrogen and oxygen atoms in total. The standard InChI is InChI=1S/C12H17FO3/c1-12(2,7-14)8-5-6-9(13)11(16-4)10(8)15-3/h5-6,14H,7H2,1-4H3. The molecule has 0 heterocycles. The fraction of sp³-hybridized carbons (Fsp3) is 0.500. The molecule has 0 atom stereocenters. The predicted octanol–water partition coefficient (Wildman–Crippen LogP) is 2.11. The van der Waals surface area contributed by atoms with Crippen LogP contribution < -0.4 is 9.47 Å². The first-order valence-electron chi connectivity index (χ1n) is 4.99. The Balaban J connectivity index is 3.41. The summed E-state index contributed by atoms with van der Waals surface area (Å²) >= 11 is 0. The molecular formula is C12H17FO3. The van der Waals surface area contributed by atoms with Crippen molar-refractivity contribution in [3.8, 4) is 11.5 Å². The van der Waals surface area contributed by atoms with Crippen molar-refractivity contribution in [1.29, 1.82) is 0 Å². The monoisotopic (exact) mass is 228 g/mol. The van der Waals surface area contributed by atoms with Gasteiger partial charge >= 0.3 is 0 Å². The average molecular weight is 228 g/mol. The Kier molecular flexibility index (Phi) is 3.75. The van der Waals surface area contributed by atoms with Crippen LogP contribution in [0, 0.1) is 5.82 Å². The molecule has 0 fully saturated rings. The lowest BCUT2D eigenvalue weighted by Crippen LogP contribution is -2.23. The minimum atomic E-state index is -0.508. The van der Waals surface area contributed by atoms with Gasteiger partial charge < -0.3 is 14.6 Å². The highest BCUT2D eigenvalue weighted by Gasteiger charge is 2.27. The molecule has 1 aromatic carbocycles. The second kappa shape index (κ2) is 4.70. The fourth-order valence-electron chi connectivity index (χ4n) is 1.55. The maximum absolute atomic E-state index is 13.4. The van der Waals surface area contributed by atoms with Crippen LogP contribution >= 0.6 is 0 Å². The largest absolute Gasteiger partial charge is 0.492 e. The number of aliphatic hydroxyl groups excluding tert-OH is 1. The maximum Gasteiger partial charge on any atom is 0.197 e. The summed E-state index contributed by atoms with van der Waals surface area (Å²) in [6.45, 7) is 3.64. The first kappa shape index (κ1) is 12.8. The van der Waals surface area contributed by atoms with Crippen LogP contribution in [-0.4, -0.2) is 25.9 Å². The van der Waals surface area contributed by atoms with E-state index in [0.717, 1.165) is 5.56 Å². The SMILES string of the molecule is COc1c(F)ccc(C(C)(C)CO)c1OC. The van der Waals surface area contributed by atoms with E-state index in [-0.39, 0.29) is 12.4 Å². The Morgan fingerprint density at radius 1 is 1.19 bits per heavy atom. The van der Waals surface area contributed by atoms with Crippen LogP contribution in [0.4, 0.5) is 4.39 Å². The molecule has 0 aliphatic heterocycles. The molecule has 4 heteroatoms. The highest BCUT2D eigenvalue weighted by atomic mass is 19.1. The number of hydrogen-bond acceptors (Lipinski definition) is 3. The van der Waals surface area contributed by atoms with Crippen molar-refractivity contribution in [2.45, 2.75) is 19.3 Å². The molecule has 0 aliphatic rings. The molecule has 0 bridgehead atoms. The molecule has 0 saturated heterocycles. The highest BCUT2D eigenvalue weighted by molar-refractivity contribution is 5.50. The molecule has 0 aliphatic carbocycles. The zero-order valence-electron chi connectivity index (χ0n) is 10.0. The van der Waals surface area contributed by atoms with Gasteiger partial charge in [-0.2, -0.15) is 0 Å². The summed E-state index contributed by atoms with van der Waals surface area (Å²) in [5.74, 6) is -0.0695. The minimum Gasteiger partial charge on any atom is -0.492 e. The van der Waals surface area contributed by atoms with Crippen LogP contribution in [0.2, 0.25) is 0 Å². The van der Waals surface area contributed by atoms with Crippen LogP contribution in [0.25, 0.3) is 0 Å². The van der Waals surface area contributed by atoms with Gasteiger partial charge in [-0.1, -0.05) is 19.9 Å². The second-order valence-corrected chi connectivity index (χ2v) is 4.20. The van der Waals surface area contributed by atoms with Crippen LogP contribution in [0.1, 0.15) is 19.4 Å². The van der Waals surface area contributed by atoms with Gasteiger partial charge in [-0.05, 0) is 6.07 Å². The molecule has 90 valence electrons. The Hall–Kier alpha value is -1.29. The van der Waals surface area contributed by atoms with Gasteiger partial charge in [-0.3, -0.25) is 0 Å². The van der Waals surface area contributed by atoms with Crippen molar-refractivity contribution in [3.63, 3.8) is 0 Å². The molecule has 0 amide bonds. The topological polar surface area (TPSA) is 38.7 Å². The lowest BCUT2D eigenvalue weighted by molar-refractivity contribution is 0.213. The molecule has 0 radical (unpaired) electrons. The van der Waals surface area contributed by atoms with Crippen molar-refractivity contribution in [1.82, 2.24) is 0 Å². The molecule has 0 aromatic heterocycles. The Bertz CT molecular complexity index is 375. The molecule has 0 spiro atoms. The third-order valence-electron chi connectivity index (χ3n) is 2.60. The maximum atomic E-state index is 13.4. The van der Waals surface area contributed by atoms with Gasteiger partial charge in [0.1, 0.15) is 0 Å². The van der Waals surface area contributed by atoms with Gasteiger partial charge in [0.2, 0.25) is 0 Å². The fourth-order valence-corrected chi connectivity index (χ4v) is 1.55. The van der Waals surface area contributed by atoms with E-state index < -0.39 is 11.2 Å². The molecule has 1 N–H and O–H groups in total. The molecular weight excluding hydrogens is 211 g/mol. The molecule has 0 saturated carbocycles. The van der Waals surface area contributed by atoms with E-state index in [1.807, 2.05) is 13.8 Å². The van der Waals surface area contributed by atoms with Crippen molar-refractivity contribution < 1.29 is 19.0 Å². The molecule has 0 unspecified atom stereocenters. The van der Waals surface area contributed by atoms with E-state index >= 15 is 0 Å². The average Bonchev–Trinajstić information content (AvgIpc) is 2.28. The lowest BCUT2D eigenvalue weighted by Gasteiger charge is -2.25. The second-order valence-electron chi connectivity index (χ2n) is 4.20. The summed E-state index contributed by atoms with van der Waals surface area (Å²) in [6.07, 6.45) is 0. The van der Waals surface area contributed by atoms with Gasteiger partial charge in [0, 0.05) is 11.0 Å². The number of benzene rings is 1. The lowest BCUT2D eigenvalue weighted by atomic mass is 9.84. The minimum absolute atomic E-state index is 0.0574. The summed E-state index contributed by atoms with van der Waals surface area (Å²) in [5.41, 5.74) is 0.211. The molecule has 1 aromatic rings. The summed E-state index contributed by atoms with van der Waals surface area (Å²) in [6, 6.07) is 2.92. The molecule has 16 heavy (non-hydrogen) atoms. The normalized spacial score (nSPS) is 11.4. The van der Waals surface area contributed by atoms with E-state index in [2.05, 4.69) is 0 Å². The van der Waals surface area contributed by atoms with Crippen LogP contribution in [0.15, 0.2) is 12.1 Å². The highest BCUT2D eigenvalue weighted by Crippen LogP contribution is 2.39.